The molecule has 1 aromatic carbocycles. The van der Waals surface area contributed by atoms with E-state index in [4.69, 9.17) is 4.74 Å². The number of hydrogen-bond donors (Lipinski definition) is 1. The molecule has 5 nitrogen and oxygen atoms in total. The van der Waals surface area contributed by atoms with Crippen LogP contribution in [0.1, 0.15) is 24.1 Å². The molecule has 24 heavy (non-hydrogen) atoms. The molecule has 0 bridgehead atoms. The normalized spacial score (nSPS) is 21.2. The van der Waals surface area contributed by atoms with Crippen LogP contribution in [0.5, 0.6) is 5.75 Å². The molecule has 5 heteroatoms. The van der Waals surface area contributed by atoms with Crippen LogP contribution in [0, 0.1) is 5.92 Å². The van der Waals surface area contributed by atoms with E-state index in [0.29, 0.717) is 5.92 Å². The van der Waals surface area contributed by atoms with Gasteiger partial charge in [0.05, 0.1) is 12.7 Å². The summed E-state index contributed by atoms with van der Waals surface area (Å²) < 4.78 is 5.89. The Kier molecular flexibility index (Phi) is 4.34. The monoisotopic (exact) mass is 325 g/mol. The summed E-state index contributed by atoms with van der Waals surface area (Å²) >= 11 is 0. The summed E-state index contributed by atoms with van der Waals surface area (Å²) in [4.78, 5) is 11.1. The van der Waals surface area contributed by atoms with Crippen LogP contribution in [0.2, 0.25) is 0 Å². The van der Waals surface area contributed by atoms with Crippen LogP contribution in [-0.2, 0) is 12.8 Å². The lowest BCUT2D eigenvalue weighted by Crippen LogP contribution is -2.36. The highest BCUT2D eigenvalue weighted by Gasteiger charge is 2.22. The van der Waals surface area contributed by atoms with Crippen molar-refractivity contribution in [2.75, 3.05) is 24.6 Å². The van der Waals surface area contributed by atoms with Crippen molar-refractivity contribution in [3.8, 4) is 5.75 Å². The van der Waals surface area contributed by atoms with Gasteiger partial charge in [0.1, 0.15) is 17.9 Å². The van der Waals surface area contributed by atoms with E-state index in [2.05, 4.69) is 33.1 Å². The predicted molar refractivity (Wildman–Crippen MR) is 92.3 cm³/mol. The maximum Gasteiger partial charge on any atom is 0.132 e. The number of anilines is 1. The molecular weight excluding hydrogens is 302 g/mol. The number of fused-ring (bicyclic) bond motifs is 1. The fourth-order valence-corrected chi connectivity index (χ4v) is 3.58. The Bertz CT molecular complexity index is 699. The number of aromatic nitrogens is 2. The van der Waals surface area contributed by atoms with Crippen molar-refractivity contribution in [3.63, 3.8) is 0 Å². The number of rotatable bonds is 3. The Hall–Kier alpha value is -2.14. The number of nitrogens with zero attached hydrogens (tertiary/aromatic N) is 3. The third-order valence-electron chi connectivity index (χ3n) is 4.95. The van der Waals surface area contributed by atoms with Crippen LogP contribution >= 0.6 is 0 Å². The Balaban J connectivity index is 1.43. The van der Waals surface area contributed by atoms with Crippen molar-refractivity contribution in [1.29, 1.82) is 0 Å². The molecule has 0 radical (unpaired) electrons. The van der Waals surface area contributed by atoms with Gasteiger partial charge in [-0.25, -0.2) is 9.97 Å². The molecule has 2 aromatic rings. The average molecular weight is 325 g/mol. The van der Waals surface area contributed by atoms with E-state index in [1.54, 1.807) is 6.33 Å². The van der Waals surface area contributed by atoms with Crippen LogP contribution in [0.3, 0.4) is 0 Å². The highest BCUT2D eigenvalue weighted by atomic mass is 16.5. The lowest BCUT2D eigenvalue weighted by Gasteiger charge is -2.30. The van der Waals surface area contributed by atoms with Gasteiger partial charge >= 0.3 is 0 Å². The number of piperidine rings is 1. The third-order valence-corrected chi connectivity index (χ3v) is 4.95. The van der Waals surface area contributed by atoms with Crippen LogP contribution in [-0.4, -0.2) is 40.9 Å². The van der Waals surface area contributed by atoms with Gasteiger partial charge in [0.25, 0.3) is 0 Å². The fourth-order valence-electron chi connectivity index (χ4n) is 3.58. The minimum Gasteiger partial charge on any atom is -0.493 e. The standard InChI is InChI=1S/C19H23N3O2/c23-17-5-7-22(8-6-17)19-11-16(20-13-21-19)10-14-9-15-3-1-2-4-18(15)24-12-14/h1-4,11,13-14,17,23H,5-10,12H2/t14-/m1/s1. The Morgan fingerprint density at radius 3 is 2.88 bits per heavy atom. The number of aliphatic hydroxyl groups excluding tert-OH is 1. The van der Waals surface area contributed by atoms with E-state index in [1.165, 1.54) is 5.56 Å². The minimum absolute atomic E-state index is 0.165. The number of para-hydroxylation sites is 1. The van der Waals surface area contributed by atoms with Crippen LogP contribution in [0.4, 0.5) is 5.82 Å². The summed E-state index contributed by atoms with van der Waals surface area (Å²) in [6.07, 6.45) is 5.06. The first-order valence-electron chi connectivity index (χ1n) is 8.72. The molecule has 0 spiro atoms. The molecule has 1 atom stereocenters. The molecule has 0 amide bonds. The molecular formula is C19H23N3O2. The zero-order valence-electron chi connectivity index (χ0n) is 13.8. The van der Waals surface area contributed by atoms with Gasteiger partial charge in [-0.3, -0.25) is 0 Å². The molecule has 126 valence electrons. The highest BCUT2D eigenvalue weighted by Crippen LogP contribution is 2.28. The van der Waals surface area contributed by atoms with Crippen LogP contribution in [0.25, 0.3) is 0 Å². The van der Waals surface area contributed by atoms with Crippen molar-refractivity contribution in [2.24, 2.45) is 5.92 Å². The first-order chi connectivity index (χ1) is 11.8. The Morgan fingerprint density at radius 2 is 2.00 bits per heavy atom. The van der Waals surface area contributed by atoms with Gasteiger partial charge in [-0.15, -0.1) is 0 Å². The second kappa shape index (κ2) is 6.77. The molecule has 3 heterocycles. The first-order valence-corrected chi connectivity index (χ1v) is 8.72. The number of ether oxygens (including phenoxy) is 1. The zero-order valence-corrected chi connectivity index (χ0v) is 13.8. The van der Waals surface area contributed by atoms with E-state index >= 15 is 0 Å². The van der Waals surface area contributed by atoms with Crippen LogP contribution in [0.15, 0.2) is 36.7 Å². The maximum absolute atomic E-state index is 9.65. The van der Waals surface area contributed by atoms with E-state index in [-0.39, 0.29) is 6.10 Å². The molecule has 1 saturated heterocycles. The van der Waals surface area contributed by atoms with E-state index in [1.807, 2.05) is 12.1 Å². The summed E-state index contributed by atoms with van der Waals surface area (Å²) in [5.41, 5.74) is 2.35. The van der Waals surface area contributed by atoms with Crippen molar-refractivity contribution < 1.29 is 9.84 Å². The predicted octanol–water partition coefficient (Wildman–Crippen LogP) is 2.23. The van der Waals surface area contributed by atoms with E-state index < -0.39 is 0 Å². The van der Waals surface area contributed by atoms with Crippen molar-refractivity contribution >= 4 is 5.82 Å². The third kappa shape index (κ3) is 3.36. The summed E-state index contributed by atoms with van der Waals surface area (Å²) in [7, 11) is 0. The van der Waals surface area contributed by atoms with Gasteiger partial charge in [-0.2, -0.15) is 0 Å². The number of aliphatic hydroxyl groups is 1. The van der Waals surface area contributed by atoms with Crippen molar-refractivity contribution in [3.05, 3.63) is 47.9 Å². The Morgan fingerprint density at radius 1 is 1.17 bits per heavy atom. The lowest BCUT2D eigenvalue weighted by molar-refractivity contribution is 0.145. The van der Waals surface area contributed by atoms with E-state index in [9.17, 15) is 5.11 Å². The van der Waals surface area contributed by atoms with Gasteiger partial charge in [0.15, 0.2) is 0 Å². The molecule has 1 N–H and O–H groups in total. The molecule has 2 aliphatic heterocycles. The smallest absolute Gasteiger partial charge is 0.132 e. The van der Waals surface area contributed by atoms with Gasteiger partial charge in [0, 0.05) is 30.8 Å². The van der Waals surface area contributed by atoms with Gasteiger partial charge in [-0.1, -0.05) is 18.2 Å². The number of hydrogen-bond acceptors (Lipinski definition) is 5. The molecule has 0 unspecified atom stereocenters. The van der Waals surface area contributed by atoms with Crippen molar-refractivity contribution in [2.45, 2.75) is 31.8 Å². The Labute approximate surface area is 142 Å². The quantitative estimate of drug-likeness (QED) is 0.938. The number of benzene rings is 1. The largest absolute Gasteiger partial charge is 0.493 e. The fraction of sp³-hybridized carbons (Fsp3) is 0.474. The van der Waals surface area contributed by atoms with Crippen molar-refractivity contribution in [1.82, 2.24) is 9.97 Å². The maximum atomic E-state index is 9.65. The summed E-state index contributed by atoms with van der Waals surface area (Å²) in [6.45, 7) is 2.46. The molecule has 4 rings (SSSR count). The van der Waals surface area contributed by atoms with E-state index in [0.717, 1.165) is 62.6 Å². The molecule has 0 saturated carbocycles. The molecule has 2 aliphatic rings. The highest BCUT2D eigenvalue weighted by molar-refractivity contribution is 5.40. The van der Waals surface area contributed by atoms with Gasteiger partial charge in [0.2, 0.25) is 0 Å². The minimum atomic E-state index is -0.165. The summed E-state index contributed by atoms with van der Waals surface area (Å²) in [5, 5.41) is 9.65. The molecule has 1 aromatic heterocycles. The summed E-state index contributed by atoms with van der Waals surface area (Å²) in [6, 6.07) is 10.4. The SMILES string of the molecule is OC1CCN(c2cc(C[C@@H]3COc4ccccc4C3)ncn2)CC1. The zero-order chi connectivity index (χ0) is 16.4. The topological polar surface area (TPSA) is 58.5 Å². The first kappa shape index (κ1) is 15.4. The second-order valence-corrected chi connectivity index (χ2v) is 6.78. The van der Waals surface area contributed by atoms with Gasteiger partial charge < -0.3 is 14.7 Å². The van der Waals surface area contributed by atoms with Gasteiger partial charge in [-0.05, 0) is 37.3 Å². The lowest BCUT2D eigenvalue weighted by atomic mass is 9.93. The average Bonchev–Trinajstić information content (AvgIpc) is 2.62. The summed E-state index contributed by atoms with van der Waals surface area (Å²) in [5.74, 6) is 2.44. The molecule has 0 aliphatic carbocycles. The van der Waals surface area contributed by atoms with Crippen LogP contribution < -0.4 is 9.64 Å². The second-order valence-electron chi connectivity index (χ2n) is 6.78. The molecule has 1 fully saturated rings.